The van der Waals surface area contributed by atoms with Crippen molar-refractivity contribution in [2.45, 2.75) is 135 Å². The van der Waals surface area contributed by atoms with Crippen molar-refractivity contribution >= 4 is 30.2 Å². The van der Waals surface area contributed by atoms with Gasteiger partial charge in [0, 0.05) is 11.8 Å². The molecule has 0 fully saturated rings. The third kappa shape index (κ3) is 22.6. The molecule has 0 aliphatic heterocycles. The van der Waals surface area contributed by atoms with Gasteiger partial charge in [-0.25, -0.2) is 0 Å². The Morgan fingerprint density at radius 3 is 1.55 bits per heavy atom. The lowest BCUT2D eigenvalue weighted by molar-refractivity contribution is -0.149. The third-order valence-corrected chi connectivity index (χ3v) is 6.91. The summed E-state index contributed by atoms with van der Waals surface area (Å²) >= 11 is 3.42. The Bertz CT molecular complexity index is 372. The molecule has 0 rings (SSSR count). The Balaban J connectivity index is 3.40. The number of carbonyl (C=O) groups is 1. The van der Waals surface area contributed by atoms with Crippen LogP contribution in [-0.4, -0.2) is 32.3 Å². The molecular formula is C24H49BrO3Si. The lowest BCUT2D eigenvalue weighted by Gasteiger charge is -2.22. The fourth-order valence-electron chi connectivity index (χ4n) is 3.34. The number of halogens is 1. The molecule has 0 aromatic heterocycles. The molecule has 0 aliphatic carbocycles. The fraction of sp³-hybridized carbons (Fsp3) is 0.958. The van der Waals surface area contributed by atoms with Gasteiger partial charge in [-0.15, -0.1) is 0 Å². The third-order valence-electron chi connectivity index (χ3n) is 5.16. The van der Waals surface area contributed by atoms with Crippen LogP contribution in [0.25, 0.3) is 0 Å². The monoisotopic (exact) mass is 492 g/mol. The molecule has 3 nitrogen and oxygen atoms in total. The van der Waals surface area contributed by atoms with Gasteiger partial charge in [-0.3, -0.25) is 4.79 Å². The van der Waals surface area contributed by atoms with Gasteiger partial charge in [0.05, 0.1) is 6.61 Å². The van der Waals surface area contributed by atoms with Crippen LogP contribution in [-0.2, 0) is 14.0 Å². The van der Waals surface area contributed by atoms with Crippen molar-refractivity contribution in [2.24, 2.45) is 0 Å². The van der Waals surface area contributed by atoms with Gasteiger partial charge in [-0.05, 0) is 26.1 Å². The molecule has 0 aliphatic rings. The van der Waals surface area contributed by atoms with Crippen molar-refractivity contribution in [1.29, 1.82) is 0 Å². The minimum absolute atomic E-state index is 0.0803. The molecule has 0 N–H and O–H groups in total. The quantitative estimate of drug-likeness (QED) is 0.0697. The molecule has 0 aromatic carbocycles. The van der Waals surface area contributed by atoms with Crippen LogP contribution >= 0.6 is 15.9 Å². The highest BCUT2D eigenvalue weighted by Gasteiger charge is 2.19. The molecule has 0 radical (unpaired) electrons. The summed E-state index contributed by atoms with van der Waals surface area (Å²) in [7, 11) is -1.56. The van der Waals surface area contributed by atoms with Crippen molar-refractivity contribution in [3.8, 4) is 0 Å². The average molecular weight is 494 g/mol. The van der Waals surface area contributed by atoms with Crippen LogP contribution in [0, 0.1) is 0 Å². The summed E-state index contributed by atoms with van der Waals surface area (Å²) in [6, 6.07) is 0. The van der Waals surface area contributed by atoms with E-state index in [1.165, 1.54) is 83.5 Å². The van der Waals surface area contributed by atoms with Gasteiger partial charge in [0.15, 0.2) is 8.32 Å². The van der Waals surface area contributed by atoms with Gasteiger partial charge in [0.2, 0.25) is 0 Å². The van der Waals surface area contributed by atoms with E-state index in [-0.39, 0.29) is 12.1 Å². The Morgan fingerprint density at radius 1 is 0.759 bits per heavy atom. The zero-order chi connectivity index (χ0) is 21.8. The summed E-state index contributed by atoms with van der Waals surface area (Å²) in [6.45, 7) is 9.23. The predicted octanol–water partition coefficient (Wildman–Crippen LogP) is 8.41. The van der Waals surface area contributed by atoms with Crippen LogP contribution in [0.5, 0.6) is 0 Å². The molecule has 0 amide bonds. The first kappa shape index (κ1) is 29.1. The molecule has 0 saturated heterocycles. The number of hydrogen-bond donors (Lipinski definition) is 0. The van der Waals surface area contributed by atoms with E-state index in [0.29, 0.717) is 18.4 Å². The molecular weight excluding hydrogens is 444 g/mol. The second-order valence-corrected chi connectivity index (χ2v) is 14.6. The Morgan fingerprint density at radius 2 is 1.17 bits per heavy atom. The Labute approximate surface area is 191 Å². The highest BCUT2D eigenvalue weighted by atomic mass is 79.9. The zero-order valence-electron chi connectivity index (χ0n) is 19.9. The number of ether oxygens (including phenoxy) is 1. The standard InChI is InChI=1S/C24H49BrO3Si/c1-5-6-7-8-9-10-11-12-13-14-15-16-17-18-19-20-24(26)28-23(21-25)22-27-29(2,3)4/h23H,5-22H2,1-4H3. The first-order valence-electron chi connectivity index (χ1n) is 12.3. The van der Waals surface area contributed by atoms with E-state index in [0.717, 1.165) is 12.8 Å². The molecule has 1 unspecified atom stereocenters. The highest BCUT2D eigenvalue weighted by molar-refractivity contribution is 9.09. The average Bonchev–Trinajstić information content (AvgIpc) is 2.67. The van der Waals surface area contributed by atoms with E-state index in [9.17, 15) is 4.79 Å². The van der Waals surface area contributed by atoms with Gasteiger partial charge in [-0.2, -0.15) is 0 Å². The molecule has 0 saturated carbocycles. The van der Waals surface area contributed by atoms with Crippen LogP contribution in [0.4, 0.5) is 0 Å². The normalized spacial score (nSPS) is 12.9. The van der Waals surface area contributed by atoms with Crippen LogP contribution in [0.3, 0.4) is 0 Å². The van der Waals surface area contributed by atoms with Crippen molar-refractivity contribution in [3.63, 3.8) is 0 Å². The van der Waals surface area contributed by atoms with E-state index < -0.39 is 8.32 Å². The lowest BCUT2D eigenvalue weighted by atomic mass is 10.0. The van der Waals surface area contributed by atoms with Crippen LogP contribution < -0.4 is 0 Å². The summed E-state index contributed by atoms with van der Waals surface area (Å²) in [5.41, 5.74) is 0. The van der Waals surface area contributed by atoms with Gasteiger partial charge in [-0.1, -0.05) is 113 Å². The number of alkyl halides is 1. The maximum Gasteiger partial charge on any atom is 0.306 e. The number of esters is 1. The molecule has 0 aromatic rings. The van der Waals surface area contributed by atoms with Crippen LogP contribution in [0.15, 0.2) is 0 Å². The number of rotatable bonds is 21. The van der Waals surface area contributed by atoms with Crippen LogP contribution in [0.2, 0.25) is 19.6 Å². The Kier molecular flexibility index (Phi) is 20.1. The van der Waals surface area contributed by atoms with E-state index >= 15 is 0 Å². The largest absolute Gasteiger partial charge is 0.459 e. The van der Waals surface area contributed by atoms with Crippen molar-refractivity contribution < 1.29 is 14.0 Å². The van der Waals surface area contributed by atoms with Gasteiger partial charge in [0.25, 0.3) is 0 Å². The van der Waals surface area contributed by atoms with Crippen molar-refractivity contribution in [2.75, 3.05) is 11.9 Å². The lowest BCUT2D eigenvalue weighted by Crippen LogP contribution is -2.33. The van der Waals surface area contributed by atoms with E-state index in [4.69, 9.17) is 9.16 Å². The van der Waals surface area contributed by atoms with Gasteiger partial charge >= 0.3 is 5.97 Å². The smallest absolute Gasteiger partial charge is 0.306 e. The molecule has 0 bridgehead atoms. The van der Waals surface area contributed by atoms with E-state index in [1.54, 1.807) is 0 Å². The SMILES string of the molecule is CCCCCCCCCCCCCCCCCC(=O)OC(CBr)CO[Si](C)(C)C. The van der Waals surface area contributed by atoms with E-state index in [1.807, 2.05) is 0 Å². The first-order chi connectivity index (χ1) is 13.9. The second kappa shape index (κ2) is 20.1. The minimum Gasteiger partial charge on any atom is -0.459 e. The first-order valence-corrected chi connectivity index (χ1v) is 16.8. The fourth-order valence-corrected chi connectivity index (χ4v) is 4.34. The minimum atomic E-state index is -1.56. The molecule has 0 heterocycles. The maximum atomic E-state index is 12.0. The summed E-state index contributed by atoms with van der Waals surface area (Å²) in [5, 5.41) is 0.641. The number of carbonyl (C=O) groups excluding carboxylic acids is 1. The number of hydrogen-bond acceptors (Lipinski definition) is 3. The summed E-state index contributed by atoms with van der Waals surface area (Å²) in [5.74, 6) is -0.0803. The summed E-state index contributed by atoms with van der Waals surface area (Å²) in [4.78, 5) is 12.0. The molecule has 174 valence electrons. The summed E-state index contributed by atoms with van der Waals surface area (Å²) in [6.07, 6.45) is 20.4. The molecule has 29 heavy (non-hydrogen) atoms. The summed E-state index contributed by atoms with van der Waals surface area (Å²) < 4.78 is 11.4. The Hall–Kier alpha value is 0.127. The number of unbranched alkanes of at least 4 members (excludes halogenated alkanes) is 14. The highest BCUT2D eigenvalue weighted by Crippen LogP contribution is 2.14. The molecule has 0 spiro atoms. The van der Waals surface area contributed by atoms with Crippen molar-refractivity contribution in [1.82, 2.24) is 0 Å². The van der Waals surface area contributed by atoms with Crippen molar-refractivity contribution in [3.05, 3.63) is 0 Å². The van der Waals surface area contributed by atoms with E-state index in [2.05, 4.69) is 42.5 Å². The van der Waals surface area contributed by atoms with Gasteiger partial charge < -0.3 is 9.16 Å². The predicted molar refractivity (Wildman–Crippen MR) is 133 cm³/mol. The van der Waals surface area contributed by atoms with Gasteiger partial charge in [0.1, 0.15) is 6.10 Å². The second-order valence-electron chi connectivity index (χ2n) is 9.39. The topological polar surface area (TPSA) is 35.5 Å². The molecule has 5 heteroatoms. The molecule has 1 atom stereocenters. The maximum absolute atomic E-state index is 12.0. The van der Waals surface area contributed by atoms with Crippen LogP contribution in [0.1, 0.15) is 110 Å². The zero-order valence-corrected chi connectivity index (χ0v) is 22.5.